The number of nitrogens with zero attached hydrogens (tertiary/aromatic N) is 1. The van der Waals surface area contributed by atoms with Crippen LogP contribution in [0.4, 0.5) is 0 Å². The summed E-state index contributed by atoms with van der Waals surface area (Å²) >= 11 is 1.56. The molecule has 0 bridgehead atoms. The van der Waals surface area contributed by atoms with Crippen molar-refractivity contribution in [2.45, 2.75) is 98.4 Å². The van der Waals surface area contributed by atoms with Gasteiger partial charge in [0.1, 0.15) is 6.10 Å². The molecule has 4 nitrogen and oxygen atoms in total. The van der Waals surface area contributed by atoms with Gasteiger partial charge in [0.25, 0.3) is 0 Å². The van der Waals surface area contributed by atoms with Gasteiger partial charge in [-0.25, -0.2) is 4.98 Å². The van der Waals surface area contributed by atoms with Crippen molar-refractivity contribution < 1.29 is 14.0 Å². The first-order valence-electron chi connectivity index (χ1n) is 11.3. The number of rotatable bonds is 12. The van der Waals surface area contributed by atoms with Gasteiger partial charge in [-0.2, -0.15) is 0 Å². The van der Waals surface area contributed by atoms with Crippen molar-refractivity contribution in [1.82, 2.24) is 4.98 Å². The van der Waals surface area contributed by atoms with E-state index in [9.17, 15) is 4.79 Å². The second kappa shape index (κ2) is 12.7. The normalized spacial score (nSPS) is 15.6. The predicted octanol–water partition coefficient (Wildman–Crippen LogP) is 7.64. The van der Waals surface area contributed by atoms with Gasteiger partial charge in [0.2, 0.25) is 0 Å². The van der Waals surface area contributed by atoms with Crippen LogP contribution < -0.4 is 0 Å². The Labute approximate surface area is 195 Å². The highest BCUT2D eigenvalue weighted by Crippen LogP contribution is 2.37. The van der Waals surface area contributed by atoms with E-state index in [0.29, 0.717) is 12.3 Å². The molecule has 0 amide bonds. The molecule has 31 heavy (non-hydrogen) atoms. The number of allylic oxidation sites excluding steroid dienone is 1. The van der Waals surface area contributed by atoms with Crippen LogP contribution in [-0.4, -0.2) is 32.0 Å². The van der Waals surface area contributed by atoms with E-state index in [-0.39, 0.29) is 17.1 Å². The zero-order chi connectivity index (χ0) is 23.7. The number of carbonyl (C=O) groups is 1. The van der Waals surface area contributed by atoms with E-state index in [0.717, 1.165) is 37.1 Å². The third-order valence-corrected chi connectivity index (χ3v) is 11.2. The van der Waals surface area contributed by atoms with Crippen LogP contribution in [-0.2, 0) is 14.0 Å². The summed E-state index contributed by atoms with van der Waals surface area (Å²) in [5.41, 5.74) is 5.08. The van der Waals surface area contributed by atoms with Gasteiger partial charge in [-0.15, -0.1) is 11.3 Å². The number of ether oxygens (including phenoxy) is 1. The van der Waals surface area contributed by atoms with Crippen LogP contribution in [0.1, 0.15) is 79.8 Å². The van der Waals surface area contributed by atoms with Gasteiger partial charge in [-0.1, -0.05) is 39.3 Å². The number of aromatic nitrogens is 1. The zero-order valence-corrected chi connectivity index (χ0v) is 22.9. The van der Waals surface area contributed by atoms with Gasteiger partial charge in [0.15, 0.2) is 8.32 Å². The van der Waals surface area contributed by atoms with E-state index in [1.54, 1.807) is 11.3 Å². The molecule has 0 saturated heterocycles. The molecular formula is C25H43NO3SSi. The molecule has 1 unspecified atom stereocenters. The van der Waals surface area contributed by atoms with Crippen LogP contribution in [0.25, 0.3) is 6.08 Å². The smallest absolute Gasteiger partial charge is 0.303 e. The summed E-state index contributed by atoms with van der Waals surface area (Å²) in [5, 5.41) is 2.25. The van der Waals surface area contributed by atoms with Crippen molar-refractivity contribution in [3.8, 4) is 0 Å². The molecule has 0 spiro atoms. The number of hydrogen-bond donors (Lipinski definition) is 0. The number of thiazole rings is 1. The van der Waals surface area contributed by atoms with Crippen molar-refractivity contribution >= 4 is 31.7 Å². The summed E-state index contributed by atoms with van der Waals surface area (Å²) in [4.78, 5) is 15.8. The van der Waals surface area contributed by atoms with Gasteiger partial charge in [0.05, 0.1) is 11.2 Å². The van der Waals surface area contributed by atoms with Crippen LogP contribution in [0.3, 0.4) is 0 Å². The second-order valence-corrected chi connectivity index (χ2v) is 15.8. The summed E-state index contributed by atoms with van der Waals surface area (Å²) in [6, 6.07) is 0. The van der Waals surface area contributed by atoms with Crippen molar-refractivity contribution in [3.05, 3.63) is 33.8 Å². The minimum Gasteiger partial charge on any atom is -0.458 e. The lowest BCUT2D eigenvalue weighted by molar-refractivity contribution is -0.144. The monoisotopic (exact) mass is 465 g/mol. The second-order valence-electron chi connectivity index (χ2n) is 10.3. The molecule has 2 atom stereocenters. The van der Waals surface area contributed by atoms with Crippen LogP contribution in [0.2, 0.25) is 18.1 Å². The van der Waals surface area contributed by atoms with Crippen LogP contribution in [0, 0.1) is 5.92 Å². The van der Waals surface area contributed by atoms with Gasteiger partial charge < -0.3 is 9.16 Å². The minimum absolute atomic E-state index is 0.244. The van der Waals surface area contributed by atoms with Crippen LogP contribution in [0.15, 0.2) is 28.1 Å². The van der Waals surface area contributed by atoms with E-state index in [4.69, 9.17) is 9.16 Å². The molecule has 6 heteroatoms. The number of esters is 1. The quantitative estimate of drug-likeness (QED) is 0.181. The maximum Gasteiger partial charge on any atom is 0.303 e. The molecule has 1 rings (SSSR count). The Hall–Kier alpha value is -1.24. The van der Waals surface area contributed by atoms with Crippen molar-refractivity contribution in [1.29, 1.82) is 0 Å². The lowest BCUT2D eigenvalue weighted by Gasteiger charge is -2.37. The minimum atomic E-state index is -1.66. The van der Waals surface area contributed by atoms with Crippen molar-refractivity contribution in [3.63, 3.8) is 0 Å². The molecule has 0 aliphatic heterocycles. The molecule has 0 aliphatic rings. The molecule has 1 aromatic rings. The topological polar surface area (TPSA) is 48.4 Å². The van der Waals surface area contributed by atoms with Gasteiger partial charge >= 0.3 is 5.97 Å². The average molecular weight is 466 g/mol. The van der Waals surface area contributed by atoms with Gasteiger partial charge in [-0.3, -0.25) is 4.79 Å². The van der Waals surface area contributed by atoms with Crippen molar-refractivity contribution in [2.75, 3.05) is 6.61 Å². The third-order valence-electron chi connectivity index (χ3n) is 6.13. The standard InChI is InChI=1S/C25H43NO3SSi/c1-19(11-10-12-20(2)16-28-31(8,9)25(5,6)7)13-14-24(29-22(4)27)21(3)15-23-17-30-18-26-23/h13,15,17-18,20,24H,10-12,14,16H2,1-9H3/b19-13+,21-15+/t20-,24?/m0/s1. The lowest BCUT2D eigenvalue weighted by Crippen LogP contribution is -2.41. The molecule has 0 radical (unpaired) electrons. The number of carbonyl (C=O) groups excluding carboxylic acids is 1. The Kier molecular flexibility index (Phi) is 11.4. The third kappa shape index (κ3) is 10.8. The van der Waals surface area contributed by atoms with E-state index < -0.39 is 8.32 Å². The van der Waals surface area contributed by atoms with Crippen molar-refractivity contribution in [2.24, 2.45) is 5.92 Å². The highest BCUT2D eigenvalue weighted by atomic mass is 32.1. The average Bonchev–Trinajstić information content (AvgIpc) is 3.15. The van der Waals surface area contributed by atoms with Gasteiger partial charge in [-0.05, 0) is 68.8 Å². The Morgan fingerprint density at radius 3 is 2.48 bits per heavy atom. The SMILES string of the molecule is CC(=O)OC(C/C=C(\C)CCC[C@H](C)CO[Si](C)(C)C(C)(C)C)/C(C)=C/c1cscn1. The molecule has 1 heterocycles. The summed E-state index contributed by atoms with van der Waals surface area (Å²) in [6.07, 6.45) is 8.03. The Balaban J connectivity index is 2.51. The largest absolute Gasteiger partial charge is 0.458 e. The Morgan fingerprint density at radius 2 is 1.94 bits per heavy atom. The molecule has 0 N–H and O–H groups in total. The summed E-state index contributed by atoms with van der Waals surface area (Å²) in [7, 11) is -1.66. The first-order chi connectivity index (χ1) is 14.3. The van der Waals surface area contributed by atoms with E-state index in [2.05, 4.69) is 58.8 Å². The van der Waals surface area contributed by atoms with E-state index in [1.165, 1.54) is 12.5 Å². The number of hydrogen-bond acceptors (Lipinski definition) is 5. The van der Waals surface area contributed by atoms with Crippen LogP contribution >= 0.6 is 11.3 Å². The predicted molar refractivity (Wildman–Crippen MR) is 136 cm³/mol. The molecular weight excluding hydrogens is 422 g/mol. The molecule has 1 aromatic heterocycles. The summed E-state index contributed by atoms with van der Waals surface area (Å²) in [6.45, 7) is 20.3. The Morgan fingerprint density at radius 1 is 1.26 bits per heavy atom. The van der Waals surface area contributed by atoms with Crippen LogP contribution in [0.5, 0.6) is 0 Å². The van der Waals surface area contributed by atoms with Gasteiger partial charge in [0, 0.05) is 25.3 Å². The maximum absolute atomic E-state index is 11.6. The van der Waals surface area contributed by atoms with E-state index in [1.807, 2.05) is 23.9 Å². The van der Waals surface area contributed by atoms with E-state index >= 15 is 0 Å². The first-order valence-corrected chi connectivity index (χ1v) is 15.2. The fraction of sp³-hybridized carbons (Fsp3) is 0.680. The molecule has 0 saturated carbocycles. The summed E-state index contributed by atoms with van der Waals surface area (Å²) < 4.78 is 11.9. The lowest BCUT2D eigenvalue weighted by atomic mass is 10.0. The maximum atomic E-state index is 11.6. The zero-order valence-electron chi connectivity index (χ0n) is 21.1. The molecule has 0 fully saturated rings. The first kappa shape index (κ1) is 27.8. The highest BCUT2D eigenvalue weighted by molar-refractivity contribution is 7.07. The fourth-order valence-corrected chi connectivity index (χ4v) is 4.58. The highest BCUT2D eigenvalue weighted by Gasteiger charge is 2.37. The Bertz CT molecular complexity index is 732. The molecule has 0 aromatic carbocycles. The fourth-order valence-electron chi connectivity index (χ4n) is 2.94. The molecule has 176 valence electrons. The molecule has 0 aliphatic carbocycles. The summed E-state index contributed by atoms with van der Waals surface area (Å²) in [5.74, 6) is 0.316.